The lowest BCUT2D eigenvalue weighted by molar-refractivity contribution is 0.835. The molecule has 2 aromatic rings. The van der Waals surface area contributed by atoms with E-state index in [0.717, 1.165) is 30.2 Å². The summed E-state index contributed by atoms with van der Waals surface area (Å²) >= 11 is 0. The van der Waals surface area contributed by atoms with Gasteiger partial charge in [-0.2, -0.15) is 0 Å². The van der Waals surface area contributed by atoms with Gasteiger partial charge in [-0.15, -0.1) is 0 Å². The SMILES string of the molecule is CCc1cccc(NC(=NC(C)C)Nc2cccc(CC)c2)c1. The Bertz CT molecular complexity index is 608. The molecule has 2 N–H and O–H groups in total. The predicted molar refractivity (Wildman–Crippen MR) is 101 cm³/mol. The van der Waals surface area contributed by atoms with Crippen LogP contribution >= 0.6 is 0 Å². The van der Waals surface area contributed by atoms with Gasteiger partial charge in [0.15, 0.2) is 0 Å². The second-order valence-corrected chi connectivity index (χ2v) is 5.93. The number of benzene rings is 2. The van der Waals surface area contributed by atoms with Crippen LogP contribution in [0.1, 0.15) is 38.8 Å². The summed E-state index contributed by atoms with van der Waals surface area (Å²) in [5, 5.41) is 6.82. The molecule has 0 amide bonds. The number of hydrogen-bond donors (Lipinski definition) is 2. The van der Waals surface area contributed by atoms with Gasteiger partial charge in [0.25, 0.3) is 0 Å². The van der Waals surface area contributed by atoms with Gasteiger partial charge in [-0.25, -0.2) is 4.99 Å². The Hall–Kier alpha value is -2.29. The number of hydrogen-bond acceptors (Lipinski definition) is 1. The molecule has 0 spiro atoms. The number of nitrogens with zero attached hydrogens (tertiary/aromatic N) is 1. The van der Waals surface area contributed by atoms with E-state index in [-0.39, 0.29) is 6.04 Å². The standard InChI is InChI=1S/C20H27N3/c1-5-16-9-7-11-18(13-16)22-20(21-15(3)4)23-19-12-8-10-17(6-2)14-19/h7-15H,5-6H2,1-4H3,(H2,21,22,23). The van der Waals surface area contributed by atoms with E-state index in [2.05, 4.69) is 91.9 Å². The van der Waals surface area contributed by atoms with E-state index in [9.17, 15) is 0 Å². The minimum absolute atomic E-state index is 0.216. The Morgan fingerprint density at radius 1 is 0.870 bits per heavy atom. The fraction of sp³-hybridized carbons (Fsp3) is 0.350. The van der Waals surface area contributed by atoms with Crippen molar-refractivity contribution >= 4 is 17.3 Å². The van der Waals surface area contributed by atoms with E-state index in [4.69, 9.17) is 0 Å². The first-order valence-electron chi connectivity index (χ1n) is 8.40. The van der Waals surface area contributed by atoms with E-state index >= 15 is 0 Å². The molecule has 0 saturated heterocycles. The monoisotopic (exact) mass is 309 g/mol. The summed E-state index contributed by atoms with van der Waals surface area (Å²) in [6.45, 7) is 8.48. The molecular weight excluding hydrogens is 282 g/mol. The molecular formula is C20H27N3. The zero-order chi connectivity index (χ0) is 16.7. The maximum absolute atomic E-state index is 4.67. The zero-order valence-electron chi connectivity index (χ0n) is 14.6. The van der Waals surface area contributed by atoms with Gasteiger partial charge in [-0.1, -0.05) is 38.1 Å². The van der Waals surface area contributed by atoms with Crippen LogP contribution in [0, 0.1) is 0 Å². The first-order valence-corrected chi connectivity index (χ1v) is 8.40. The number of aryl methyl sites for hydroxylation is 2. The molecule has 0 radical (unpaired) electrons. The van der Waals surface area contributed by atoms with Crippen molar-refractivity contribution in [1.29, 1.82) is 0 Å². The van der Waals surface area contributed by atoms with Crippen molar-refractivity contribution in [1.82, 2.24) is 0 Å². The molecule has 0 aliphatic rings. The van der Waals surface area contributed by atoms with Crippen molar-refractivity contribution in [2.24, 2.45) is 4.99 Å². The summed E-state index contributed by atoms with van der Waals surface area (Å²) < 4.78 is 0. The molecule has 0 aliphatic carbocycles. The van der Waals surface area contributed by atoms with Crippen LogP contribution in [-0.4, -0.2) is 12.0 Å². The highest BCUT2D eigenvalue weighted by atomic mass is 15.2. The van der Waals surface area contributed by atoms with E-state index < -0.39 is 0 Å². The molecule has 0 heterocycles. The third-order valence-corrected chi connectivity index (χ3v) is 3.58. The molecule has 0 aliphatic heterocycles. The summed E-state index contributed by atoms with van der Waals surface area (Å²) in [6.07, 6.45) is 2.05. The maximum Gasteiger partial charge on any atom is 0.200 e. The van der Waals surface area contributed by atoms with Crippen LogP contribution < -0.4 is 10.6 Å². The highest BCUT2D eigenvalue weighted by Gasteiger charge is 2.04. The van der Waals surface area contributed by atoms with Crippen LogP contribution in [-0.2, 0) is 12.8 Å². The average Bonchev–Trinajstić information content (AvgIpc) is 2.54. The molecule has 2 rings (SSSR count). The van der Waals surface area contributed by atoms with E-state index in [1.165, 1.54) is 11.1 Å². The second kappa shape index (κ2) is 8.37. The highest BCUT2D eigenvalue weighted by molar-refractivity contribution is 6.03. The fourth-order valence-electron chi connectivity index (χ4n) is 2.37. The van der Waals surface area contributed by atoms with Crippen LogP contribution in [0.15, 0.2) is 53.5 Å². The third-order valence-electron chi connectivity index (χ3n) is 3.58. The lowest BCUT2D eigenvalue weighted by Gasteiger charge is -2.15. The van der Waals surface area contributed by atoms with Gasteiger partial charge in [0, 0.05) is 17.4 Å². The topological polar surface area (TPSA) is 36.4 Å². The van der Waals surface area contributed by atoms with E-state index in [1.807, 2.05) is 0 Å². The van der Waals surface area contributed by atoms with Crippen molar-refractivity contribution < 1.29 is 0 Å². The van der Waals surface area contributed by atoms with Gasteiger partial charge in [0.1, 0.15) is 0 Å². The van der Waals surface area contributed by atoms with Crippen molar-refractivity contribution in [2.45, 2.75) is 46.6 Å². The third kappa shape index (κ3) is 5.44. The lowest BCUT2D eigenvalue weighted by atomic mass is 10.1. The molecule has 0 fully saturated rings. The highest BCUT2D eigenvalue weighted by Crippen LogP contribution is 2.14. The number of aliphatic imine (C=N–C) groups is 1. The van der Waals surface area contributed by atoms with Crippen LogP contribution in [0.25, 0.3) is 0 Å². The molecule has 23 heavy (non-hydrogen) atoms. The Labute approximate surface area is 139 Å². The molecule has 122 valence electrons. The Morgan fingerprint density at radius 2 is 1.35 bits per heavy atom. The molecule has 0 unspecified atom stereocenters. The summed E-state index contributed by atoms with van der Waals surface area (Å²) in [7, 11) is 0. The van der Waals surface area contributed by atoms with Gasteiger partial charge in [0.2, 0.25) is 5.96 Å². The van der Waals surface area contributed by atoms with Crippen LogP contribution in [0.4, 0.5) is 11.4 Å². The lowest BCUT2D eigenvalue weighted by Crippen LogP contribution is -2.23. The number of nitrogens with one attached hydrogen (secondary N) is 2. The maximum atomic E-state index is 4.67. The molecule has 0 aromatic heterocycles. The molecule has 0 atom stereocenters. The molecule has 2 aromatic carbocycles. The van der Waals surface area contributed by atoms with Crippen molar-refractivity contribution in [3.8, 4) is 0 Å². The van der Waals surface area contributed by atoms with Crippen LogP contribution in [0.5, 0.6) is 0 Å². The first kappa shape index (κ1) is 17.1. The van der Waals surface area contributed by atoms with E-state index in [1.54, 1.807) is 0 Å². The minimum atomic E-state index is 0.216. The summed E-state index contributed by atoms with van der Waals surface area (Å²) in [5.41, 5.74) is 4.74. The smallest absolute Gasteiger partial charge is 0.200 e. The Morgan fingerprint density at radius 3 is 1.74 bits per heavy atom. The first-order chi connectivity index (χ1) is 11.1. The summed E-state index contributed by atoms with van der Waals surface area (Å²) in [6, 6.07) is 17.1. The van der Waals surface area contributed by atoms with Crippen molar-refractivity contribution in [3.63, 3.8) is 0 Å². The van der Waals surface area contributed by atoms with E-state index in [0.29, 0.717) is 0 Å². The quantitative estimate of drug-likeness (QED) is 0.595. The largest absolute Gasteiger partial charge is 0.326 e. The Balaban J connectivity index is 2.19. The number of rotatable bonds is 5. The molecule has 3 heteroatoms. The van der Waals surface area contributed by atoms with Gasteiger partial charge in [-0.3, -0.25) is 0 Å². The normalized spacial score (nSPS) is 10.5. The number of guanidine groups is 1. The van der Waals surface area contributed by atoms with Gasteiger partial charge >= 0.3 is 0 Å². The molecule has 0 bridgehead atoms. The zero-order valence-corrected chi connectivity index (χ0v) is 14.6. The van der Waals surface area contributed by atoms with Crippen molar-refractivity contribution in [2.75, 3.05) is 10.6 Å². The average molecular weight is 309 g/mol. The number of anilines is 2. The Kier molecular flexibility index (Phi) is 6.21. The molecule has 0 saturated carbocycles. The summed E-state index contributed by atoms with van der Waals surface area (Å²) in [4.78, 5) is 4.67. The van der Waals surface area contributed by atoms with Gasteiger partial charge in [0.05, 0.1) is 0 Å². The van der Waals surface area contributed by atoms with Gasteiger partial charge in [-0.05, 0) is 62.1 Å². The van der Waals surface area contributed by atoms with Crippen LogP contribution in [0.3, 0.4) is 0 Å². The minimum Gasteiger partial charge on any atom is -0.326 e. The predicted octanol–water partition coefficient (Wildman–Crippen LogP) is 5.10. The van der Waals surface area contributed by atoms with Crippen molar-refractivity contribution in [3.05, 3.63) is 59.7 Å². The fourth-order valence-corrected chi connectivity index (χ4v) is 2.37. The second-order valence-electron chi connectivity index (χ2n) is 5.93. The van der Waals surface area contributed by atoms with Gasteiger partial charge < -0.3 is 10.6 Å². The van der Waals surface area contributed by atoms with Crippen LogP contribution in [0.2, 0.25) is 0 Å². The summed E-state index contributed by atoms with van der Waals surface area (Å²) in [5.74, 6) is 0.779. The molecule has 3 nitrogen and oxygen atoms in total.